The van der Waals surface area contributed by atoms with E-state index < -0.39 is 0 Å². The summed E-state index contributed by atoms with van der Waals surface area (Å²) in [6, 6.07) is 0. The average Bonchev–Trinajstić information content (AvgIpc) is 2.27. The van der Waals surface area contributed by atoms with E-state index in [0.29, 0.717) is 5.15 Å². The van der Waals surface area contributed by atoms with Crippen LogP contribution in [-0.4, -0.2) is 14.5 Å². The van der Waals surface area contributed by atoms with Gasteiger partial charge in [0.05, 0.1) is 4.47 Å². The highest BCUT2D eigenvalue weighted by atomic mass is 79.9. The third kappa shape index (κ3) is 1.43. The first-order valence-corrected chi connectivity index (χ1v) is 4.98. The number of fused-ring (bicyclic) bond motifs is 1. The average molecular weight is 281 g/mol. The van der Waals surface area contributed by atoms with Crippen LogP contribution in [0.5, 0.6) is 0 Å². The summed E-state index contributed by atoms with van der Waals surface area (Å²) in [5.41, 5.74) is 1.51. The van der Waals surface area contributed by atoms with Crippen molar-refractivity contribution in [3.8, 4) is 0 Å². The summed E-state index contributed by atoms with van der Waals surface area (Å²) < 4.78 is 2.70. The summed E-state index contributed by atoms with van der Waals surface area (Å²) in [5.74, 6) is 0. The van der Waals surface area contributed by atoms with Gasteiger partial charge in [0.1, 0.15) is 11.0 Å². The Morgan fingerprint density at radius 3 is 2.77 bits per heavy atom. The van der Waals surface area contributed by atoms with E-state index in [9.17, 15) is 0 Å². The number of halogens is 3. The first kappa shape index (κ1) is 9.24. The Bertz CT molecular complexity index is 480. The summed E-state index contributed by atoms with van der Waals surface area (Å²) >= 11 is 14.9. The molecule has 0 saturated heterocycles. The van der Waals surface area contributed by atoms with E-state index in [1.165, 1.54) is 0 Å². The molecule has 0 fully saturated rings. The Balaban J connectivity index is 2.97. The van der Waals surface area contributed by atoms with Crippen LogP contribution in [-0.2, 0) is 7.05 Å². The largest absolute Gasteiger partial charge is 0.346 e. The maximum atomic E-state index is 5.90. The molecule has 0 spiro atoms. The zero-order valence-electron chi connectivity index (χ0n) is 6.55. The molecule has 2 aromatic rings. The second-order valence-electron chi connectivity index (χ2n) is 2.57. The topological polar surface area (TPSA) is 30.7 Å². The third-order valence-corrected chi connectivity index (χ3v) is 2.71. The van der Waals surface area contributed by atoms with Crippen LogP contribution in [0.25, 0.3) is 11.0 Å². The van der Waals surface area contributed by atoms with Crippen LogP contribution in [0, 0.1) is 0 Å². The standard InChI is InChI=1S/C7H4BrCl2N3/c1-13-2-3(8)4-5(13)6(9)12-7(10)11-4/h2H,1H3. The van der Waals surface area contributed by atoms with Gasteiger partial charge in [0.15, 0.2) is 5.15 Å². The highest BCUT2D eigenvalue weighted by Crippen LogP contribution is 2.28. The Labute approximate surface area is 92.8 Å². The number of hydrogen-bond acceptors (Lipinski definition) is 2. The minimum Gasteiger partial charge on any atom is -0.346 e. The predicted molar refractivity (Wildman–Crippen MR) is 56.2 cm³/mol. The molecule has 0 saturated carbocycles. The summed E-state index contributed by atoms with van der Waals surface area (Å²) in [7, 11) is 1.87. The molecule has 13 heavy (non-hydrogen) atoms. The highest BCUT2D eigenvalue weighted by molar-refractivity contribution is 9.10. The lowest BCUT2D eigenvalue weighted by molar-refractivity contribution is 0.960. The summed E-state index contributed by atoms with van der Waals surface area (Å²) in [6.45, 7) is 0. The molecule has 3 nitrogen and oxygen atoms in total. The molecule has 0 unspecified atom stereocenters. The first-order valence-electron chi connectivity index (χ1n) is 3.43. The number of aromatic nitrogens is 3. The van der Waals surface area contributed by atoms with Crippen molar-refractivity contribution in [2.24, 2.45) is 7.05 Å². The molecule has 0 aliphatic rings. The van der Waals surface area contributed by atoms with Crippen LogP contribution in [0.3, 0.4) is 0 Å². The zero-order chi connectivity index (χ0) is 9.59. The van der Waals surface area contributed by atoms with E-state index in [2.05, 4.69) is 25.9 Å². The Morgan fingerprint density at radius 2 is 2.08 bits per heavy atom. The minimum atomic E-state index is 0.157. The molecule has 2 aromatic heterocycles. The van der Waals surface area contributed by atoms with E-state index in [4.69, 9.17) is 23.2 Å². The molecule has 0 atom stereocenters. The van der Waals surface area contributed by atoms with Crippen molar-refractivity contribution in [3.63, 3.8) is 0 Å². The van der Waals surface area contributed by atoms with E-state index >= 15 is 0 Å². The molecule has 0 aliphatic heterocycles. The number of aryl methyl sites for hydroxylation is 1. The second-order valence-corrected chi connectivity index (χ2v) is 4.12. The fourth-order valence-corrected chi connectivity index (χ4v) is 2.28. The maximum Gasteiger partial charge on any atom is 0.224 e. The molecule has 2 heterocycles. The van der Waals surface area contributed by atoms with Crippen molar-refractivity contribution >= 4 is 50.2 Å². The third-order valence-electron chi connectivity index (χ3n) is 1.70. The Morgan fingerprint density at radius 1 is 1.38 bits per heavy atom. The van der Waals surface area contributed by atoms with Gasteiger partial charge in [-0.2, -0.15) is 0 Å². The van der Waals surface area contributed by atoms with Crippen LogP contribution in [0.4, 0.5) is 0 Å². The lowest BCUT2D eigenvalue weighted by Crippen LogP contribution is -1.89. The van der Waals surface area contributed by atoms with Crippen LogP contribution in [0.1, 0.15) is 0 Å². The molecule has 0 amide bonds. The second kappa shape index (κ2) is 3.12. The summed E-state index contributed by atoms with van der Waals surface area (Å²) in [4.78, 5) is 7.91. The Kier molecular flexibility index (Phi) is 2.21. The zero-order valence-corrected chi connectivity index (χ0v) is 9.65. The van der Waals surface area contributed by atoms with Crippen LogP contribution >= 0.6 is 39.1 Å². The number of rotatable bonds is 0. The van der Waals surface area contributed by atoms with Gasteiger partial charge in [0.2, 0.25) is 5.28 Å². The highest BCUT2D eigenvalue weighted by Gasteiger charge is 2.11. The molecule has 68 valence electrons. The summed E-state index contributed by atoms with van der Waals surface area (Å²) in [5, 5.41) is 0.521. The normalized spacial score (nSPS) is 11.1. The monoisotopic (exact) mass is 279 g/mol. The van der Waals surface area contributed by atoms with Crippen molar-refractivity contribution < 1.29 is 0 Å². The van der Waals surface area contributed by atoms with E-state index in [-0.39, 0.29) is 5.28 Å². The van der Waals surface area contributed by atoms with Gasteiger partial charge in [-0.1, -0.05) is 11.6 Å². The fourth-order valence-electron chi connectivity index (χ4n) is 1.18. The fraction of sp³-hybridized carbons (Fsp3) is 0.143. The van der Waals surface area contributed by atoms with Gasteiger partial charge in [0.25, 0.3) is 0 Å². The van der Waals surface area contributed by atoms with Crippen LogP contribution < -0.4 is 0 Å². The molecule has 0 radical (unpaired) electrons. The van der Waals surface area contributed by atoms with Gasteiger partial charge in [-0.05, 0) is 27.5 Å². The predicted octanol–water partition coefficient (Wildman–Crippen LogP) is 3.04. The quantitative estimate of drug-likeness (QED) is 0.549. The van der Waals surface area contributed by atoms with Crippen molar-refractivity contribution in [2.45, 2.75) is 0 Å². The molecular formula is C7H4BrCl2N3. The molecule has 2 rings (SSSR count). The SMILES string of the molecule is Cn1cc(Br)c2nc(Cl)nc(Cl)c21. The molecule has 0 aliphatic carbocycles. The molecule has 6 heteroatoms. The smallest absolute Gasteiger partial charge is 0.224 e. The lowest BCUT2D eigenvalue weighted by atomic mass is 10.5. The van der Waals surface area contributed by atoms with Gasteiger partial charge in [-0.25, -0.2) is 9.97 Å². The molecule has 0 N–H and O–H groups in total. The van der Waals surface area contributed by atoms with Gasteiger partial charge in [-0.15, -0.1) is 0 Å². The van der Waals surface area contributed by atoms with Crippen molar-refractivity contribution in [2.75, 3.05) is 0 Å². The van der Waals surface area contributed by atoms with Crippen LogP contribution in [0.2, 0.25) is 10.4 Å². The Hall–Kier alpha value is -0.320. The van der Waals surface area contributed by atoms with E-state index in [0.717, 1.165) is 15.5 Å². The van der Waals surface area contributed by atoms with Crippen LogP contribution in [0.15, 0.2) is 10.7 Å². The van der Waals surface area contributed by atoms with Gasteiger partial charge in [0, 0.05) is 13.2 Å². The lowest BCUT2D eigenvalue weighted by Gasteiger charge is -1.97. The summed E-state index contributed by atoms with van der Waals surface area (Å²) in [6.07, 6.45) is 1.86. The van der Waals surface area contributed by atoms with Gasteiger partial charge < -0.3 is 4.57 Å². The number of nitrogens with zero attached hydrogens (tertiary/aromatic N) is 3. The molecular weight excluding hydrogens is 277 g/mol. The first-order chi connectivity index (χ1) is 6.09. The molecule has 0 aromatic carbocycles. The maximum absolute atomic E-state index is 5.90. The minimum absolute atomic E-state index is 0.157. The van der Waals surface area contributed by atoms with Crippen molar-refractivity contribution in [1.29, 1.82) is 0 Å². The van der Waals surface area contributed by atoms with E-state index in [1.54, 1.807) is 0 Å². The van der Waals surface area contributed by atoms with Crippen molar-refractivity contribution in [1.82, 2.24) is 14.5 Å². The van der Waals surface area contributed by atoms with Crippen molar-refractivity contribution in [3.05, 3.63) is 21.1 Å². The van der Waals surface area contributed by atoms with Gasteiger partial charge >= 0.3 is 0 Å². The van der Waals surface area contributed by atoms with Gasteiger partial charge in [-0.3, -0.25) is 0 Å². The molecule has 0 bridgehead atoms. The van der Waals surface area contributed by atoms with E-state index in [1.807, 2.05) is 17.8 Å². The number of hydrogen-bond donors (Lipinski definition) is 0.